The summed E-state index contributed by atoms with van der Waals surface area (Å²) in [6.07, 6.45) is -13.2. The molecular weight excluding hydrogens is 510 g/mol. The molecule has 198 valence electrons. The van der Waals surface area contributed by atoms with Gasteiger partial charge in [0, 0.05) is 25.4 Å². The summed E-state index contributed by atoms with van der Waals surface area (Å²) in [5, 5.41) is 16.9. The Morgan fingerprint density at radius 1 is 1.06 bits per heavy atom. The number of hydrogen-bond donors (Lipinski definition) is 2. The van der Waals surface area contributed by atoms with Crippen molar-refractivity contribution < 1.29 is 49.4 Å². The lowest BCUT2D eigenvalue weighted by Gasteiger charge is -2.42. The number of aliphatic hydroxyl groups is 1. The number of nitrogens with two attached hydrogens (primary N) is 1. The molecule has 16 heteroatoms. The number of nitrogens with zero attached hydrogens (tertiary/aromatic N) is 4. The van der Waals surface area contributed by atoms with Gasteiger partial charge in [0.2, 0.25) is 5.60 Å². The second-order valence-electron chi connectivity index (χ2n) is 8.82. The van der Waals surface area contributed by atoms with Crippen molar-refractivity contribution in [3.05, 3.63) is 23.2 Å². The zero-order chi connectivity index (χ0) is 26.7. The molecule has 1 aliphatic carbocycles. The summed E-state index contributed by atoms with van der Waals surface area (Å²) in [5.41, 5.74) is -2.19. The Kier molecular flexibility index (Phi) is 6.16. The van der Waals surface area contributed by atoms with Gasteiger partial charge in [0.25, 0.3) is 23.6 Å². The molecule has 2 aromatic rings. The number of nitrogen functional groups attached to an aromatic ring is 1. The predicted octanol–water partition coefficient (Wildman–Crippen LogP) is 4.30. The molecule has 2 aliphatic rings. The van der Waals surface area contributed by atoms with Crippen LogP contribution in [0.1, 0.15) is 60.5 Å². The van der Waals surface area contributed by atoms with Crippen LogP contribution in [0.4, 0.5) is 40.8 Å². The molecule has 36 heavy (non-hydrogen) atoms. The minimum absolute atomic E-state index is 0.0289. The molecule has 1 amide bonds. The SMILES string of the molecule is Nc1cc(C(F)(F)F)c2nc1-c1nnc(o1)C(O)(C(F)(F)F)CCCCCN(C1CC(F)(F)C1)C2=O. The number of rotatable bonds is 1. The highest BCUT2D eigenvalue weighted by atomic mass is 19.4. The van der Waals surface area contributed by atoms with Crippen LogP contribution < -0.4 is 5.73 Å². The van der Waals surface area contributed by atoms with Gasteiger partial charge in [-0.2, -0.15) is 26.3 Å². The molecule has 0 saturated heterocycles. The van der Waals surface area contributed by atoms with Gasteiger partial charge in [0.05, 0.1) is 11.3 Å². The number of halogens is 8. The maximum Gasteiger partial charge on any atom is 0.426 e. The molecular formula is C20H19F8N5O3. The Hall–Kier alpha value is -3.04. The largest absolute Gasteiger partial charge is 0.426 e. The third kappa shape index (κ3) is 4.57. The Labute approximate surface area is 197 Å². The summed E-state index contributed by atoms with van der Waals surface area (Å²) in [6.45, 7) is -0.318. The highest BCUT2D eigenvalue weighted by Gasteiger charge is 2.58. The summed E-state index contributed by atoms with van der Waals surface area (Å²) in [4.78, 5) is 17.6. The maximum atomic E-state index is 13.8. The smallest absolute Gasteiger partial charge is 0.416 e. The van der Waals surface area contributed by atoms with E-state index in [1.165, 1.54) is 0 Å². The third-order valence-corrected chi connectivity index (χ3v) is 6.22. The van der Waals surface area contributed by atoms with E-state index in [4.69, 9.17) is 10.2 Å². The highest BCUT2D eigenvalue weighted by Crippen LogP contribution is 2.45. The van der Waals surface area contributed by atoms with Crippen LogP contribution in [0.3, 0.4) is 0 Å². The zero-order valence-corrected chi connectivity index (χ0v) is 18.3. The predicted molar refractivity (Wildman–Crippen MR) is 104 cm³/mol. The lowest BCUT2D eigenvalue weighted by Crippen LogP contribution is -2.53. The van der Waals surface area contributed by atoms with Crippen molar-refractivity contribution in [3.63, 3.8) is 0 Å². The molecule has 1 atom stereocenters. The Morgan fingerprint density at radius 2 is 1.72 bits per heavy atom. The van der Waals surface area contributed by atoms with Crippen LogP contribution in [-0.2, 0) is 11.8 Å². The topological polar surface area (TPSA) is 118 Å². The standard InChI is InChI=1S/C20H19F8N5O3/c21-17(22)7-9(8-17)33-5-3-1-2-4-18(35,20(26,27)28)16-32-31-14(36-16)13-11(29)6-10(19(23,24)25)12(30-13)15(33)34/h6,9,35H,1-5,7-8,29H2. The second-order valence-corrected chi connectivity index (χ2v) is 8.82. The van der Waals surface area contributed by atoms with E-state index >= 15 is 0 Å². The normalized spacial score (nSPS) is 23.8. The van der Waals surface area contributed by atoms with E-state index in [1.54, 1.807) is 0 Å². The van der Waals surface area contributed by atoms with Crippen molar-refractivity contribution in [3.8, 4) is 11.6 Å². The second kappa shape index (κ2) is 8.52. The van der Waals surface area contributed by atoms with Crippen molar-refractivity contribution in [2.45, 2.75) is 68.4 Å². The van der Waals surface area contributed by atoms with E-state index in [0.29, 0.717) is 6.07 Å². The number of amides is 1. The highest BCUT2D eigenvalue weighted by molar-refractivity contribution is 5.95. The maximum absolute atomic E-state index is 13.8. The van der Waals surface area contributed by atoms with Gasteiger partial charge in [0.15, 0.2) is 5.69 Å². The number of aromatic nitrogens is 3. The molecule has 1 fully saturated rings. The van der Waals surface area contributed by atoms with E-state index in [0.717, 1.165) is 4.90 Å². The molecule has 1 unspecified atom stereocenters. The molecule has 0 spiro atoms. The van der Waals surface area contributed by atoms with E-state index in [1.807, 2.05) is 0 Å². The van der Waals surface area contributed by atoms with E-state index in [9.17, 15) is 45.0 Å². The van der Waals surface area contributed by atoms with Crippen LogP contribution >= 0.6 is 0 Å². The van der Waals surface area contributed by atoms with Crippen LogP contribution in [0, 0.1) is 0 Å². The first-order valence-corrected chi connectivity index (χ1v) is 10.7. The van der Waals surface area contributed by atoms with E-state index < -0.39 is 89.5 Å². The van der Waals surface area contributed by atoms with Crippen molar-refractivity contribution in [1.82, 2.24) is 20.1 Å². The van der Waals surface area contributed by atoms with Gasteiger partial charge in [-0.1, -0.05) is 6.42 Å². The molecule has 0 aromatic carbocycles. The van der Waals surface area contributed by atoms with E-state index in [-0.39, 0.29) is 25.8 Å². The van der Waals surface area contributed by atoms with Crippen LogP contribution in [-0.4, -0.2) is 55.8 Å². The van der Waals surface area contributed by atoms with Gasteiger partial charge in [-0.25, -0.2) is 13.8 Å². The number of fused-ring (bicyclic) bond motifs is 5. The van der Waals surface area contributed by atoms with E-state index in [2.05, 4.69) is 15.2 Å². The molecule has 4 rings (SSSR count). The zero-order valence-electron chi connectivity index (χ0n) is 18.3. The fraction of sp³-hybridized carbons (Fsp3) is 0.600. The number of pyridine rings is 1. The van der Waals surface area contributed by atoms with Gasteiger partial charge in [0.1, 0.15) is 5.69 Å². The minimum atomic E-state index is -5.25. The van der Waals surface area contributed by atoms with Gasteiger partial charge >= 0.3 is 12.4 Å². The summed E-state index contributed by atoms with van der Waals surface area (Å²) >= 11 is 0. The molecule has 4 bridgehead atoms. The van der Waals surface area contributed by atoms with Gasteiger partial charge in [-0.3, -0.25) is 4.79 Å². The quantitative estimate of drug-likeness (QED) is 0.529. The van der Waals surface area contributed by atoms with Crippen LogP contribution in [0.2, 0.25) is 0 Å². The van der Waals surface area contributed by atoms with Crippen molar-refractivity contribution in [1.29, 1.82) is 0 Å². The fourth-order valence-electron chi connectivity index (χ4n) is 4.21. The number of carbonyl (C=O) groups is 1. The van der Waals surface area contributed by atoms with Crippen molar-refractivity contribution >= 4 is 11.6 Å². The van der Waals surface area contributed by atoms with Crippen LogP contribution in [0.15, 0.2) is 10.5 Å². The van der Waals surface area contributed by atoms with Crippen molar-refractivity contribution in [2.75, 3.05) is 12.3 Å². The molecule has 3 heterocycles. The molecule has 2 aromatic heterocycles. The Morgan fingerprint density at radius 3 is 2.31 bits per heavy atom. The number of alkyl halides is 8. The minimum Gasteiger partial charge on any atom is -0.416 e. The number of anilines is 1. The van der Waals surface area contributed by atoms with Gasteiger partial charge in [-0.05, 0) is 25.3 Å². The van der Waals surface area contributed by atoms with Crippen LogP contribution in [0.25, 0.3) is 11.6 Å². The van der Waals surface area contributed by atoms with Crippen LogP contribution in [0.5, 0.6) is 0 Å². The lowest BCUT2D eigenvalue weighted by atomic mass is 9.86. The average Bonchev–Trinajstić information content (AvgIpc) is 3.22. The Balaban J connectivity index is 1.87. The van der Waals surface area contributed by atoms with Gasteiger partial charge < -0.3 is 20.2 Å². The first-order valence-electron chi connectivity index (χ1n) is 10.7. The Bertz CT molecular complexity index is 1160. The molecule has 0 radical (unpaired) electrons. The lowest BCUT2D eigenvalue weighted by molar-refractivity contribution is -0.277. The summed E-state index contributed by atoms with van der Waals surface area (Å²) < 4.78 is 114. The summed E-state index contributed by atoms with van der Waals surface area (Å²) in [7, 11) is 0. The number of carbonyl (C=O) groups excluding carboxylic acids is 1. The molecule has 1 saturated carbocycles. The third-order valence-electron chi connectivity index (χ3n) is 6.22. The first kappa shape index (κ1) is 26.0. The monoisotopic (exact) mass is 529 g/mol. The summed E-state index contributed by atoms with van der Waals surface area (Å²) in [5.74, 6) is -6.55. The molecule has 3 N–H and O–H groups in total. The first-order chi connectivity index (χ1) is 16.5. The average molecular weight is 529 g/mol. The number of hydrogen-bond acceptors (Lipinski definition) is 7. The fourth-order valence-corrected chi connectivity index (χ4v) is 4.21. The summed E-state index contributed by atoms with van der Waals surface area (Å²) in [6, 6.07) is -0.777. The molecule has 1 aliphatic heterocycles. The van der Waals surface area contributed by atoms with Crippen molar-refractivity contribution in [2.24, 2.45) is 0 Å². The van der Waals surface area contributed by atoms with Gasteiger partial charge in [-0.15, -0.1) is 10.2 Å². The molecule has 8 nitrogen and oxygen atoms in total.